The molecule has 0 spiro atoms. The molecule has 0 aliphatic carbocycles. The van der Waals surface area contributed by atoms with Crippen LogP contribution in [-0.4, -0.2) is 54.6 Å². The van der Waals surface area contributed by atoms with Crippen molar-refractivity contribution in [3.8, 4) is 0 Å². The normalized spacial score (nSPS) is 39.8. The number of methoxy groups -OCH3 is 1. The van der Waals surface area contributed by atoms with Crippen molar-refractivity contribution in [3.63, 3.8) is 0 Å². The maximum absolute atomic E-state index is 10.2. The van der Waals surface area contributed by atoms with Gasteiger partial charge in [-0.2, -0.15) is 0 Å². The first-order valence-electron chi connectivity index (χ1n) is 6.77. The van der Waals surface area contributed by atoms with Crippen LogP contribution in [0, 0.1) is 0 Å². The molecule has 7 heteroatoms. The van der Waals surface area contributed by atoms with Gasteiger partial charge in [-0.25, -0.2) is 0 Å². The molecule has 2 aliphatic heterocycles. The molecule has 0 radical (unpaired) electrons. The summed E-state index contributed by atoms with van der Waals surface area (Å²) in [5, 5.41) is 20.1. The Hall–Kier alpha value is -1.22. The van der Waals surface area contributed by atoms with Gasteiger partial charge in [-0.05, 0) is 12.1 Å². The summed E-state index contributed by atoms with van der Waals surface area (Å²) >= 11 is 0. The molecule has 2 saturated heterocycles. The van der Waals surface area contributed by atoms with Gasteiger partial charge < -0.3 is 34.9 Å². The minimum Gasteiger partial charge on any atom is -0.399 e. The Kier molecular flexibility index (Phi) is 4.12. The molecule has 7 nitrogen and oxygen atoms in total. The molecule has 21 heavy (non-hydrogen) atoms. The molecule has 0 bridgehead atoms. The van der Waals surface area contributed by atoms with Crippen molar-refractivity contribution in [2.24, 2.45) is 0 Å². The summed E-state index contributed by atoms with van der Waals surface area (Å²) in [5.74, 6) is 0. The number of nitrogens with two attached hydrogens (primary N) is 1. The predicted molar refractivity (Wildman–Crippen MR) is 72.1 cm³/mol. The molecular formula is C14H19NO6. The number of benzene rings is 1. The van der Waals surface area contributed by atoms with Gasteiger partial charge in [0.2, 0.25) is 0 Å². The van der Waals surface area contributed by atoms with Crippen LogP contribution in [0.1, 0.15) is 11.9 Å². The van der Waals surface area contributed by atoms with E-state index >= 15 is 0 Å². The first kappa shape index (κ1) is 14.7. The molecule has 4 N–H and O–H groups in total. The molecule has 0 aromatic heterocycles. The molecule has 116 valence electrons. The van der Waals surface area contributed by atoms with Crippen LogP contribution in [0.2, 0.25) is 0 Å². The highest BCUT2D eigenvalue weighted by atomic mass is 16.7. The summed E-state index contributed by atoms with van der Waals surface area (Å²) < 4.78 is 21.9. The zero-order valence-corrected chi connectivity index (χ0v) is 11.6. The minimum absolute atomic E-state index is 0.239. The van der Waals surface area contributed by atoms with Gasteiger partial charge in [0.15, 0.2) is 12.6 Å². The van der Waals surface area contributed by atoms with E-state index in [2.05, 4.69) is 0 Å². The maximum atomic E-state index is 10.2. The number of hydrogen-bond donors (Lipinski definition) is 3. The number of rotatable bonds is 2. The van der Waals surface area contributed by atoms with E-state index in [1.807, 2.05) is 0 Å². The van der Waals surface area contributed by atoms with E-state index in [0.717, 1.165) is 5.56 Å². The van der Waals surface area contributed by atoms with E-state index < -0.39 is 37.0 Å². The lowest BCUT2D eigenvalue weighted by atomic mass is 9.98. The number of nitrogen functional groups attached to an aromatic ring is 1. The van der Waals surface area contributed by atoms with E-state index in [1.165, 1.54) is 7.11 Å². The Bertz CT molecular complexity index is 479. The molecule has 2 heterocycles. The topological polar surface area (TPSA) is 103 Å². The summed E-state index contributed by atoms with van der Waals surface area (Å²) in [6.45, 7) is 0.239. The monoisotopic (exact) mass is 297 g/mol. The second kappa shape index (κ2) is 5.88. The fraction of sp³-hybridized carbons (Fsp3) is 0.571. The molecule has 3 rings (SSSR count). The smallest absolute Gasteiger partial charge is 0.186 e. The van der Waals surface area contributed by atoms with Crippen molar-refractivity contribution in [1.82, 2.24) is 0 Å². The maximum Gasteiger partial charge on any atom is 0.186 e. The molecule has 2 aliphatic rings. The third-order valence-corrected chi connectivity index (χ3v) is 3.77. The zero-order chi connectivity index (χ0) is 15.0. The second-order valence-corrected chi connectivity index (χ2v) is 5.19. The minimum atomic E-state index is -1.17. The molecule has 0 saturated carbocycles. The number of aliphatic hydroxyl groups is 2. The summed E-state index contributed by atoms with van der Waals surface area (Å²) in [7, 11) is 1.41. The highest BCUT2D eigenvalue weighted by Crippen LogP contribution is 2.34. The lowest BCUT2D eigenvalue weighted by molar-refractivity contribution is -0.358. The van der Waals surface area contributed by atoms with Crippen LogP contribution >= 0.6 is 0 Å². The Morgan fingerprint density at radius 2 is 1.86 bits per heavy atom. The van der Waals surface area contributed by atoms with E-state index in [-0.39, 0.29) is 6.61 Å². The SMILES string of the molecule is CO[C@H]1O[C@@H]2COC(c3ccc(N)cc3)O[C@H]2[C@H](O)[C@H]1O. The van der Waals surface area contributed by atoms with E-state index in [4.69, 9.17) is 24.7 Å². The Morgan fingerprint density at radius 3 is 2.52 bits per heavy atom. The Morgan fingerprint density at radius 1 is 1.14 bits per heavy atom. The van der Waals surface area contributed by atoms with Gasteiger partial charge in [-0.1, -0.05) is 12.1 Å². The summed E-state index contributed by atoms with van der Waals surface area (Å²) in [6.07, 6.45) is -4.95. The van der Waals surface area contributed by atoms with Crippen molar-refractivity contribution < 1.29 is 29.2 Å². The van der Waals surface area contributed by atoms with Gasteiger partial charge in [0, 0.05) is 18.4 Å². The molecule has 1 aromatic carbocycles. The molecule has 0 amide bonds. The van der Waals surface area contributed by atoms with E-state index in [9.17, 15) is 10.2 Å². The van der Waals surface area contributed by atoms with Crippen molar-refractivity contribution in [2.45, 2.75) is 37.0 Å². The van der Waals surface area contributed by atoms with Gasteiger partial charge in [0.1, 0.15) is 24.4 Å². The average molecular weight is 297 g/mol. The number of anilines is 1. The van der Waals surface area contributed by atoms with Crippen molar-refractivity contribution in [1.29, 1.82) is 0 Å². The number of hydrogen-bond acceptors (Lipinski definition) is 7. The first-order chi connectivity index (χ1) is 10.1. The molecule has 6 atom stereocenters. The van der Waals surface area contributed by atoms with Gasteiger partial charge in [-0.3, -0.25) is 0 Å². The van der Waals surface area contributed by atoms with Crippen LogP contribution in [0.4, 0.5) is 5.69 Å². The predicted octanol–water partition coefficient (Wildman–Crippen LogP) is -0.224. The van der Waals surface area contributed by atoms with Crippen LogP contribution in [-0.2, 0) is 18.9 Å². The van der Waals surface area contributed by atoms with Crippen molar-refractivity contribution in [2.75, 3.05) is 19.5 Å². The fourth-order valence-electron chi connectivity index (χ4n) is 2.59. The molecule has 1 unspecified atom stereocenters. The fourth-order valence-corrected chi connectivity index (χ4v) is 2.59. The zero-order valence-electron chi connectivity index (χ0n) is 11.6. The summed E-state index contributed by atoms with van der Waals surface area (Å²) in [5.41, 5.74) is 7.08. The van der Waals surface area contributed by atoms with E-state index in [1.54, 1.807) is 24.3 Å². The lowest BCUT2D eigenvalue weighted by Crippen LogP contribution is -2.62. The number of ether oxygens (including phenoxy) is 4. The first-order valence-corrected chi connectivity index (χ1v) is 6.77. The Balaban J connectivity index is 1.74. The second-order valence-electron chi connectivity index (χ2n) is 5.19. The molecule has 1 aromatic rings. The average Bonchev–Trinajstić information content (AvgIpc) is 2.51. The van der Waals surface area contributed by atoms with Crippen LogP contribution in [0.3, 0.4) is 0 Å². The van der Waals surface area contributed by atoms with E-state index in [0.29, 0.717) is 5.69 Å². The summed E-state index contributed by atoms with van der Waals surface area (Å²) in [4.78, 5) is 0. The Labute approximate surface area is 122 Å². The number of fused-ring (bicyclic) bond motifs is 1. The van der Waals surface area contributed by atoms with Crippen LogP contribution in [0.15, 0.2) is 24.3 Å². The van der Waals surface area contributed by atoms with Gasteiger partial charge >= 0.3 is 0 Å². The largest absolute Gasteiger partial charge is 0.399 e. The third kappa shape index (κ3) is 2.76. The van der Waals surface area contributed by atoms with Crippen molar-refractivity contribution in [3.05, 3.63) is 29.8 Å². The summed E-state index contributed by atoms with van der Waals surface area (Å²) in [6, 6.07) is 7.09. The van der Waals surface area contributed by atoms with Gasteiger partial charge in [-0.15, -0.1) is 0 Å². The third-order valence-electron chi connectivity index (χ3n) is 3.77. The molecule has 2 fully saturated rings. The highest BCUT2D eigenvalue weighted by Gasteiger charge is 2.48. The van der Waals surface area contributed by atoms with Crippen LogP contribution < -0.4 is 5.73 Å². The standard InChI is InChI=1S/C14H19NO6/c1-18-14-11(17)10(16)12-9(20-14)6-19-13(21-12)7-2-4-8(15)5-3-7/h2-5,9-14,16-17H,6,15H2,1H3/t9-,10-,11-,12-,13?,14+/m1/s1. The lowest BCUT2D eigenvalue weighted by Gasteiger charge is -2.45. The number of aliphatic hydroxyl groups excluding tert-OH is 2. The highest BCUT2D eigenvalue weighted by molar-refractivity contribution is 5.39. The van der Waals surface area contributed by atoms with Gasteiger partial charge in [0.25, 0.3) is 0 Å². The van der Waals surface area contributed by atoms with Crippen LogP contribution in [0.25, 0.3) is 0 Å². The molecular weight excluding hydrogens is 278 g/mol. The van der Waals surface area contributed by atoms with Crippen LogP contribution in [0.5, 0.6) is 0 Å². The quantitative estimate of drug-likeness (QED) is 0.648. The van der Waals surface area contributed by atoms with Crippen molar-refractivity contribution >= 4 is 5.69 Å². The van der Waals surface area contributed by atoms with Gasteiger partial charge in [0.05, 0.1) is 6.61 Å².